The van der Waals surface area contributed by atoms with Crippen LogP contribution in [0.25, 0.3) is 5.70 Å². The third-order valence-electron chi connectivity index (χ3n) is 1.74. The van der Waals surface area contributed by atoms with Gasteiger partial charge in [0.05, 0.1) is 7.11 Å². The molecule has 0 saturated heterocycles. The average molecular weight is 193 g/mol. The lowest BCUT2D eigenvalue weighted by Crippen LogP contribution is -2.02. The minimum absolute atomic E-state index is 0.864. The van der Waals surface area contributed by atoms with E-state index in [1.165, 1.54) is 0 Å². The molecule has 0 spiro atoms. The Morgan fingerprint density at radius 1 is 1.21 bits per heavy atom. The van der Waals surface area contributed by atoms with Gasteiger partial charge in [-0.1, -0.05) is 20.4 Å². The van der Waals surface area contributed by atoms with Crippen LogP contribution in [-0.2, 0) is 0 Å². The Balaban J connectivity index is 0.000000791. The maximum absolute atomic E-state index is 5.03. The van der Waals surface area contributed by atoms with Gasteiger partial charge in [0, 0.05) is 12.7 Å². The monoisotopic (exact) mass is 193 g/mol. The van der Waals surface area contributed by atoms with Gasteiger partial charge in [0.1, 0.15) is 5.75 Å². The Bertz CT molecular complexity index is 264. The normalized spacial score (nSPS) is 8.29. The molecule has 0 aromatic heterocycles. The standard InChI is InChI=1S/C10H13NO.C2H6/c1-8(11-2)9-4-6-10(12-3)7-5-9;1-2/h4-7,11H,1H2,2-3H3;1-2H3. The molecule has 0 aliphatic carbocycles. The predicted molar refractivity (Wildman–Crippen MR) is 62.4 cm³/mol. The molecule has 78 valence electrons. The van der Waals surface area contributed by atoms with Crippen molar-refractivity contribution in [1.29, 1.82) is 0 Å². The first-order valence-electron chi connectivity index (χ1n) is 4.79. The second-order valence-corrected chi connectivity index (χ2v) is 2.46. The second kappa shape index (κ2) is 7.01. The molecular weight excluding hydrogens is 174 g/mol. The number of nitrogens with one attached hydrogen (secondary N) is 1. The summed E-state index contributed by atoms with van der Waals surface area (Å²) in [6.07, 6.45) is 0. The molecule has 0 aliphatic heterocycles. The van der Waals surface area contributed by atoms with E-state index in [1.807, 2.05) is 45.2 Å². The van der Waals surface area contributed by atoms with E-state index in [1.54, 1.807) is 7.11 Å². The van der Waals surface area contributed by atoms with E-state index in [0.29, 0.717) is 0 Å². The molecule has 1 aromatic rings. The summed E-state index contributed by atoms with van der Waals surface area (Å²) in [6.45, 7) is 7.85. The van der Waals surface area contributed by atoms with Crippen LogP contribution in [-0.4, -0.2) is 14.2 Å². The highest BCUT2D eigenvalue weighted by molar-refractivity contribution is 5.61. The second-order valence-electron chi connectivity index (χ2n) is 2.46. The molecular formula is C12H19NO. The molecule has 0 saturated carbocycles. The zero-order valence-corrected chi connectivity index (χ0v) is 9.42. The SMILES string of the molecule is C=C(NC)c1ccc(OC)cc1.CC. The molecule has 2 heteroatoms. The Labute approximate surface area is 86.6 Å². The van der Waals surface area contributed by atoms with Gasteiger partial charge in [0.25, 0.3) is 0 Å². The van der Waals surface area contributed by atoms with Crippen LogP contribution < -0.4 is 10.1 Å². The summed E-state index contributed by atoms with van der Waals surface area (Å²) in [6, 6.07) is 7.77. The summed E-state index contributed by atoms with van der Waals surface area (Å²) in [5.74, 6) is 0.864. The first kappa shape index (κ1) is 12.6. The number of rotatable bonds is 3. The van der Waals surface area contributed by atoms with Crippen LogP contribution in [0, 0.1) is 0 Å². The maximum Gasteiger partial charge on any atom is 0.118 e. The molecule has 0 radical (unpaired) electrons. The topological polar surface area (TPSA) is 21.3 Å². The number of ether oxygens (including phenoxy) is 1. The molecule has 1 rings (SSSR count). The van der Waals surface area contributed by atoms with Crippen molar-refractivity contribution in [2.45, 2.75) is 13.8 Å². The molecule has 0 fully saturated rings. The summed E-state index contributed by atoms with van der Waals surface area (Å²) in [5, 5.41) is 2.98. The zero-order valence-electron chi connectivity index (χ0n) is 9.42. The Hall–Kier alpha value is -1.44. The molecule has 0 aliphatic rings. The molecule has 14 heavy (non-hydrogen) atoms. The van der Waals surface area contributed by atoms with Gasteiger partial charge in [-0.05, 0) is 29.8 Å². The molecule has 0 amide bonds. The summed E-state index contributed by atoms with van der Waals surface area (Å²) < 4.78 is 5.03. The van der Waals surface area contributed by atoms with Gasteiger partial charge in [0.15, 0.2) is 0 Å². The summed E-state index contributed by atoms with van der Waals surface area (Å²) >= 11 is 0. The Morgan fingerprint density at radius 2 is 1.71 bits per heavy atom. The van der Waals surface area contributed by atoms with Gasteiger partial charge in [-0.3, -0.25) is 0 Å². The van der Waals surface area contributed by atoms with E-state index in [4.69, 9.17) is 4.74 Å². The van der Waals surface area contributed by atoms with Crippen LogP contribution in [0.15, 0.2) is 30.8 Å². The van der Waals surface area contributed by atoms with Gasteiger partial charge < -0.3 is 10.1 Å². The zero-order chi connectivity index (χ0) is 11.0. The van der Waals surface area contributed by atoms with Gasteiger partial charge >= 0.3 is 0 Å². The lowest BCUT2D eigenvalue weighted by molar-refractivity contribution is 0.415. The highest BCUT2D eigenvalue weighted by atomic mass is 16.5. The van der Waals surface area contributed by atoms with E-state index in [-0.39, 0.29) is 0 Å². The van der Waals surface area contributed by atoms with Crippen LogP contribution in [0.5, 0.6) is 5.75 Å². The van der Waals surface area contributed by atoms with Gasteiger partial charge in [-0.2, -0.15) is 0 Å². The minimum atomic E-state index is 0.864. The van der Waals surface area contributed by atoms with Gasteiger partial charge in [-0.15, -0.1) is 0 Å². The molecule has 2 nitrogen and oxygen atoms in total. The molecule has 0 atom stereocenters. The lowest BCUT2D eigenvalue weighted by atomic mass is 10.2. The van der Waals surface area contributed by atoms with Crippen LogP contribution >= 0.6 is 0 Å². The molecule has 0 unspecified atom stereocenters. The summed E-state index contributed by atoms with van der Waals surface area (Å²) in [5.41, 5.74) is 2.00. The van der Waals surface area contributed by atoms with E-state index in [0.717, 1.165) is 17.0 Å². The van der Waals surface area contributed by atoms with Crippen LogP contribution in [0.1, 0.15) is 19.4 Å². The van der Waals surface area contributed by atoms with Crippen molar-refractivity contribution in [3.05, 3.63) is 36.4 Å². The Kier molecular flexibility index (Phi) is 6.29. The van der Waals surface area contributed by atoms with Gasteiger partial charge in [-0.25, -0.2) is 0 Å². The van der Waals surface area contributed by atoms with Crippen molar-refractivity contribution in [3.63, 3.8) is 0 Å². The van der Waals surface area contributed by atoms with Crippen molar-refractivity contribution >= 4 is 5.70 Å². The maximum atomic E-state index is 5.03. The fraction of sp³-hybridized carbons (Fsp3) is 0.333. The third kappa shape index (κ3) is 3.52. The van der Waals surface area contributed by atoms with E-state index in [9.17, 15) is 0 Å². The number of methoxy groups -OCH3 is 1. The van der Waals surface area contributed by atoms with Crippen LogP contribution in [0.2, 0.25) is 0 Å². The van der Waals surface area contributed by atoms with E-state index in [2.05, 4.69) is 11.9 Å². The highest BCUT2D eigenvalue weighted by Crippen LogP contribution is 2.14. The van der Waals surface area contributed by atoms with Crippen molar-refractivity contribution in [3.8, 4) is 5.75 Å². The van der Waals surface area contributed by atoms with Crippen LogP contribution in [0.3, 0.4) is 0 Å². The smallest absolute Gasteiger partial charge is 0.118 e. The van der Waals surface area contributed by atoms with E-state index < -0.39 is 0 Å². The highest BCUT2D eigenvalue weighted by Gasteiger charge is 1.95. The van der Waals surface area contributed by atoms with Crippen LogP contribution in [0.4, 0.5) is 0 Å². The third-order valence-corrected chi connectivity index (χ3v) is 1.74. The van der Waals surface area contributed by atoms with Crippen molar-refractivity contribution in [2.24, 2.45) is 0 Å². The fourth-order valence-corrected chi connectivity index (χ4v) is 0.937. The van der Waals surface area contributed by atoms with E-state index >= 15 is 0 Å². The fourth-order valence-electron chi connectivity index (χ4n) is 0.937. The quantitative estimate of drug-likeness (QED) is 0.797. The number of benzene rings is 1. The lowest BCUT2D eigenvalue weighted by Gasteiger charge is -2.05. The van der Waals surface area contributed by atoms with Crippen molar-refractivity contribution < 1.29 is 4.74 Å². The largest absolute Gasteiger partial charge is 0.497 e. The van der Waals surface area contributed by atoms with Crippen molar-refractivity contribution in [1.82, 2.24) is 5.32 Å². The molecule has 1 aromatic carbocycles. The van der Waals surface area contributed by atoms with Gasteiger partial charge in [0.2, 0.25) is 0 Å². The predicted octanol–water partition coefficient (Wildman–Crippen LogP) is 2.91. The first-order chi connectivity index (χ1) is 6.77. The number of hydrogen-bond donors (Lipinski definition) is 1. The number of hydrogen-bond acceptors (Lipinski definition) is 2. The first-order valence-corrected chi connectivity index (χ1v) is 4.79. The Morgan fingerprint density at radius 3 is 2.07 bits per heavy atom. The summed E-state index contributed by atoms with van der Waals surface area (Å²) in [7, 11) is 3.51. The molecule has 0 heterocycles. The summed E-state index contributed by atoms with van der Waals surface area (Å²) in [4.78, 5) is 0. The minimum Gasteiger partial charge on any atom is -0.497 e. The van der Waals surface area contributed by atoms with Crippen molar-refractivity contribution in [2.75, 3.05) is 14.2 Å². The molecule has 0 bridgehead atoms. The molecule has 1 N–H and O–H groups in total. The average Bonchev–Trinajstić information content (AvgIpc) is 2.31.